The highest BCUT2D eigenvalue weighted by atomic mass is 35.5. The second-order valence-electron chi connectivity index (χ2n) is 4.35. The number of carbonyl (C=O) groups excluding carboxylic acids is 2. The molecule has 2 rings (SSSR count). The second kappa shape index (κ2) is 5.77. The molecule has 0 atom stereocenters. The van der Waals surface area contributed by atoms with E-state index >= 15 is 0 Å². The van der Waals surface area contributed by atoms with Gasteiger partial charge in [-0.15, -0.1) is 0 Å². The molecule has 0 N–H and O–H groups in total. The lowest BCUT2D eigenvalue weighted by molar-refractivity contribution is -0.123. The van der Waals surface area contributed by atoms with Crippen LogP contribution in [-0.4, -0.2) is 41.7 Å². The average Bonchev–Trinajstić information content (AvgIpc) is 2.60. The van der Waals surface area contributed by atoms with Crippen molar-refractivity contribution in [2.45, 2.75) is 0 Å². The quantitative estimate of drug-likeness (QED) is 0.804. The molecule has 1 saturated heterocycles. The molecule has 2 amide bonds. The van der Waals surface area contributed by atoms with Crippen molar-refractivity contribution in [1.82, 2.24) is 9.80 Å². The Kier molecular flexibility index (Phi) is 4.29. The van der Waals surface area contributed by atoms with Crippen molar-refractivity contribution in [1.29, 1.82) is 0 Å². The van der Waals surface area contributed by atoms with Crippen molar-refractivity contribution in [3.05, 3.63) is 39.8 Å². The molecular weight excluding hydrogens is 284 g/mol. The van der Waals surface area contributed by atoms with Crippen LogP contribution in [0.1, 0.15) is 5.56 Å². The number of benzene rings is 1. The molecule has 0 spiro atoms. The number of halogens is 1. The highest BCUT2D eigenvalue weighted by molar-refractivity contribution is 8.18. The molecule has 0 saturated carbocycles. The smallest absolute Gasteiger partial charge is 0.292 e. The Bertz CT molecular complexity index is 557. The number of amides is 2. The highest BCUT2D eigenvalue weighted by Gasteiger charge is 2.35. The fourth-order valence-corrected chi connectivity index (χ4v) is 2.65. The maximum atomic E-state index is 12.1. The third-order valence-electron chi connectivity index (χ3n) is 2.49. The van der Waals surface area contributed by atoms with E-state index in [1.54, 1.807) is 31.1 Å². The van der Waals surface area contributed by atoms with Crippen LogP contribution >= 0.6 is 23.4 Å². The molecule has 0 aliphatic carbocycles. The maximum absolute atomic E-state index is 12.1. The van der Waals surface area contributed by atoms with E-state index in [4.69, 9.17) is 11.6 Å². The topological polar surface area (TPSA) is 40.6 Å². The summed E-state index contributed by atoms with van der Waals surface area (Å²) in [7, 11) is 3.61. The molecule has 0 aromatic heterocycles. The van der Waals surface area contributed by atoms with E-state index in [9.17, 15) is 9.59 Å². The summed E-state index contributed by atoms with van der Waals surface area (Å²) in [5.41, 5.74) is 0.736. The molecule has 1 aromatic carbocycles. The first-order valence-electron chi connectivity index (χ1n) is 5.63. The van der Waals surface area contributed by atoms with E-state index in [1.807, 2.05) is 18.2 Å². The van der Waals surface area contributed by atoms with E-state index in [0.717, 1.165) is 17.3 Å². The van der Waals surface area contributed by atoms with Gasteiger partial charge in [0.05, 0.1) is 11.6 Å². The van der Waals surface area contributed by atoms with Gasteiger partial charge in [0.25, 0.3) is 11.1 Å². The molecule has 0 bridgehead atoms. The summed E-state index contributed by atoms with van der Waals surface area (Å²) in [5, 5.41) is 0.305. The first-order chi connectivity index (χ1) is 8.99. The summed E-state index contributed by atoms with van der Waals surface area (Å²) in [6.07, 6.45) is 1.66. The van der Waals surface area contributed by atoms with E-state index in [2.05, 4.69) is 0 Å². The van der Waals surface area contributed by atoms with E-state index in [-0.39, 0.29) is 17.8 Å². The van der Waals surface area contributed by atoms with Crippen LogP contribution in [0.2, 0.25) is 5.02 Å². The third kappa shape index (κ3) is 3.18. The number of hydrogen-bond donors (Lipinski definition) is 0. The van der Waals surface area contributed by atoms with E-state index < -0.39 is 0 Å². The molecule has 4 nitrogen and oxygen atoms in total. The number of carbonyl (C=O) groups is 2. The minimum Gasteiger partial charge on any atom is -0.292 e. The summed E-state index contributed by atoms with van der Waals surface area (Å²) < 4.78 is 0. The Morgan fingerprint density at radius 3 is 2.63 bits per heavy atom. The monoisotopic (exact) mass is 296 g/mol. The molecule has 6 heteroatoms. The maximum Gasteiger partial charge on any atom is 0.294 e. The van der Waals surface area contributed by atoms with Crippen LogP contribution in [0.25, 0.3) is 6.08 Å². The lowest BCUT2D eigenvalue weighted by atomic mass is 10.2. The summed E-state index contributed by atoms with van der Waals surface area (Å²) >= 11 is 6.98. The zero-order valence-electron chi connectivity index (χ0n) is 10.6. The second-order valence-corrected chi connectivity index (χ2v) is 5.75. The zero-order chi connectivity index (χ0) is 14.0. The van der Waals surface area contributed by atoms with E-state index in [0.29, 0.717) is 9.93 Å². The van der Waals surface area contributed by atoms with Crippen LogP contribution in [-0.2, 0) is 4.79 Å². The Balaban J connectivity index is 2.26. The fourth-order valence-electron chi connectivity index (χ4n) is 1.64. The fraction of sp³-hybridized carbons (Fsp3) is 0.231. The Labute approximate surface area is 121 Å². The molecule has 1 heterocycles. The van der Waals surface area contributed by atoms with Gasteiger partial charge in [0.1, 0.15) is 0 Å². The Hall–Kier alpha value is -1.30. The lowest BCUT2D eigenvalue weighted by Crippen LogP contribution is -2.36. The lowest BCUT2D eigenvalue weighted by Gasteiger charge is -2.17. The van der Waals surface area contributed by atoms with Crippen LogP contribution in [0, 0.1) is 0 Å². The predicted octanol–water partition coefficient (Wildman–Crippen LogP) is 2.90. The summed E-state index contributed by atoms with van der Waals surface area (Å²) in [4.78, 5) is 27.3. The van der Waals surface area contributed by atoms with Crippen LogP contribution in [0.4, 0.5) is 4.79 Å². The standard InChI is InChI=1S/C13H13ClN2O2S/c1-15(2)8-16-12(17)11(19-13(16)18)7-9-5-3-4-6-10(9)14/h3-7H,8H2,1-2H3/b11-7-. The molecule has 100 valence electrons. The van der Waals surface area contributed by atoms with Crippen LogP contribution in [0.5, 0.6) is 0 Å². The van der Waals surface area contributed by atoms with E-state index in [1.165, 1.54) is 4.90 Å². The molecule has 1 aliphatic rings. The predicted molar refractivity (Wildman–Crippen MR) is 77.8 cm³/mol. The molecule has 1 aliphatic heterocycles. The van der Waals surface area contributed by atoms with Crippen molar-refractivity contribution in [2.24, 2.45) is 0 Å². The first-order valence-corrected chi connectivity index (χ1v) is 6.83. The Morgan fingerprint density at radius 1 is 1.32 bits per heavy atom. The van der Waals surface area contributed by atoms with Crippen molar-refractivity contribution < 1.29 is 9.59 Å². The summed E-state index contributed by atoms with van der Waals surface area (Å²) in [6.45, 7) is 0.282. The third-order valence-corrected chi connectivity index (χ3v) is 3.74. The van der Waals surface area contributed by atoms with Gasteiger partial charge in [-0.05, 0) is 43.6 Å². The number of thioether (sulfide) groups is 1. The van der Waals surface area contributed by atoms with Gasteiger partial charge in [0, 0.05) is 5.02 Å². The van der Waals surface area contributed by atoms with Gasteiger partial charge >= 0.3 is 0 Å². The average molecular weight is 297 g/mol. The van der Waals surface area contributed by atoms with Gasteiger partial charge < -0.3 is 0 Å². The molecule has 1 aromatic rings. The molecule has 0 unspecified atom stereocenters. The van der Waals surface area contributed by atoms with Gasteiger partial charge in [0.15, 0.2) is 0 Å². The summed E-state index contributed by atoms with van der Waals surface area (Å²) in [6, 6.07) is 7.21. The Morgan fingerprint density at radius 2 is 2.00 bits per heavy atom. The largest absolute Gasteiger partial charge is 0.294 e. The normalized spacial score (nSPS) is 17.9. The number of imide groups is 1. The highest BCUT2D eigenvalue weighted by Crippen LogP contribution is 2.33. The van der Waals surface area contributed by atoms with Crippen LogP contribution in [0.3, 0.4) is 0 Å². The first kappa shape index (κ1) is 14.1. The van der Waals surface area contributed by atoms with Crippen LogP contribution < -0.4 is 0 Å². The number of nitrogens with zero attached hydrogens (tertiary/aromatic N) is 2. The van der Waals surface area contributed by atoms with Gasteiger partial charge in [-0.2, -0.15) is 0 Å². The SMILES string of the molecule is CN(C)CN1C(=O)S/C(=C\c2ccccc2Cl)C1=O. The van der Waals surface area contributed by atoms with Crippen LogP contribution in [0.15, 0.2) is 29.2 Å². The van der Waals surface area contributed by atoms with Gasteiger partial charge in [-0.3, -0.25) is 19.4 Å². The molecule has 1 fully saturated rings. The van der Waals surface area contributed by atoms with Crippen molar-refractivity contribution >= 4 is 40.6 Å². The minimum absolute atomic E-state index is 0.253. The van der Waals surface area contributed by atoms with Gasteiger partial charge in [-0.25, -0.2) is 0 Å². The molecule has 0 radical (unpaired) electrons. The van der Waals surface area contributed by atoms with Crippen molar-refractivity contribution in [2.75, 3.05) is 20.8 Å². The minimum atomic E-state index is -0.274. The number of hydrogen-bond acceptors (Lipinski definition) is 4. The van der Waals surface area contributed by atoms with Gasteiger partial charge in [0.2, 0.25) is 0 Å². The summed E-state index contributed by atoms with van der Waals surface area (Å²) in [5.74, 6) is -0.274. The number of rotatable bonds is 3. The van der Waals surface area contributed by atoms with Crippen molar-refractivity contribution in [3.63, 3.8) is 0 Å². The van der Waals surface area contributed by atoms with Gasteiger partial charge in [-0.1, -0.05) is 29.8 Å². The zero-order valence-corrected chi connectivity index (χ0v) is 12.2. The molecular formula is C13H13ClN2O2S. The molecule has 19 heavy (non-hydrogen) atoms. The van der Waals surface area contributed by atoms with Crippen molar-refractivity contribution in [3.8, 4) is 0 Å².